The lowest BCUT2D eigenvalue weighted by Gasteiger charge is -2.14. The summed E-state index contributed by atoms with van der Waals surface area (Å²) in [5, 5.41) is 0.393. The van der Waals surface area contributed by atoms with Gasteiger partial charge in [0.25, 0.3) is 11.1 Å². The van der Waals surface area contributed by atoms with Gasteiger partial charge in [-0.25, -0.2) is 0 Å². The molecule has 0 N–H and O–H groups in total. The monoisotopic (exact) mass is 605 g/mol. The molecule has 34 heavy (non-hydrogen) atoms. The average molecular weight is 606 g/mol. The van der Waals surface area contributed by atoms with Gasteiger partial charge in [-0.15, -0.1) is 0 Å². The number of benzene rings is 3. The molecule has 5 nitrogen and oxygen atoms in total. The van der Waals surface area contributed by atoms with Gasteiger partial charge in [0.2, 0.25) is 0 Å². The van der Waals surface area contributed by atoms with Crippen LogP contribution in [-0.2, 0) is 17.9 Å². The number of hydrogen-bond donors (Lipinski definition) is 0. The van der Waals surface area contributed by atoms with Crippen LogP contribution < -0.4 is 9.47 Å². The molecule has 174 valence electrons. The second-order valence-electron chi connectivity index (χ2n) is 7.70. The molecule has 1 fully saturated rings. The van der Waals surface area contributed by atoms with Crippen LogP contribution in [0.25, 0.3) is 6.08 Å². The summed E-state index contributed by atoms with van der Waals surface area (Å²) in [5.74, 6) is 0.862. The van der Waals surface area contributed by atoms with Crippen molar-refractivity contribution in [2.75, 3.05) is 7.11 Å². The first-order valence-corrected chi connectivity index (χ1v) is 12.7. The largest absolute Gasteiger partial charge is 0.493 e. The van der Waals surface area contributed by atoms with Gasteiger partial charge in [-0.2, -0.15) is 0 Å². The molecule has 0 unspecified atom stereocenters. The van der Waals surface area contributed by atoms with Gasteiger partial charge in [0.1, 0.15) is 6.61 Å². The SMILES string of the molecule is COc1cc(/C=C2\SC(=O)N(Cc3ccc(C)cc3)C2=O)cc(I)c1OCc1ccc(Cl)cc1. The van der Waals surface area contributed by atoms with E-state index >= 15 is 0 Å². The van der Waals surface area contributed by atoms with E-state index in [1.807, 2.05) is 61.5 Å². The van der Waals surface area contributed by atoms with Gasteiger partial charge in [0.15, 0.2) is 11.5 Å². The highest BCUT2D eigenvalue weighted by Crippen LogP contribution is 2.38. The Morgan fingerprint density at radius 1 is 1.03 bits per heavy atom. The van der Waals surface area contributed by atoms with E-state index in [-0.39, 0.29) is 17.7 Å². The van der Waals surface area contributed by atoms with Gasteiger partial charge in [-0.1, -0.05) is 53.6 Å². The van der Waals surface area contributed by atoms with Crippen LogP contribution in [0, 0.1) is 10.5 Å². The van der Waals surface area contributed by atoms with E-state index in [1.54, 1.807) is 19.3 Å². The minimum Gasteiger partial charge on any atom is -0.493 e. The lowest BCUT2D eigenvalue weighted by atomic mass is 10.1. The van der Waals surface area contributed by atoms with Gasteiger partial charge in [0.05, 0.1) is 22.1 Å². The smallest absolute Gasteiger partial charge is 0.293 e. The highest BCUT2D eigenvalue weighted by atomic mass is 127. The van der Waals surface area contributed by atoms with Crippen molar-refractivity contribution < 1.29 is 19.1 Å². The third-order valence-electron chi connectivity index (χ3n) is 5.18. The fourth-order valence-corrected chi connectivity index (χ4v) is 5.11. The first-order valence-electron chi connectivity index (χ1n) is 10.4. The summed E-state index contributed by atoms with van der Waals surface area (Å²) in [5.41, 5.74) is 3.77. The third-order valence-corrected chi connectivity index (χ3v) is 7.14. The minimum absolute atomic E-state index is 0.251. The van der Waals surface area contributed by atoms with Gasteiger partial charge in [-0.05, 0) is 88.3 Å². The molecular formula is C26H21ClINO4S. The number of carbonyl (C=O) groups is 2. The zero-order valence-electron chi connectivity index (χ0n) is 18.5. The molecule has 0 atom stereocenters. The maximum absolute atomic E-state index is 12.9. The first-order chi connectivity index (χ1) is 16.3. The van der Waals surface area contributed by atoms with Crippen LogP contribution in [0.5, 0.6) is 11.5 Å². The van der Waals surface area contributed by atoms with Crippen molar-refractivity contribution in [2.24, 2.45) is 0 Å². The second kappa shape index (κ2) is 10.8. The molecule has 1 heterocycles. The van der Waals surface area contributed by atoms with Crippen molar-refractivity contribution in [1.82, 2.24) is 4.90 Å². The molecule has 0 spiro atoms. The summed E-state index contributed by atoms with van der Waals surface area (Å²) in [6.45, 7) is 2.61. The molecule has 1 aliphatic rings. The number of methoxy groups -OCH3 is 1. The van der Waals surface area contributed by atoms with Crippen LogP contribution in [0.3, 0.4) is 0 Å². The fourth-order valence-electron chi connectivity index (χ4n) is 3.36. The number of carbonyl (C=O) groups excluding carboxylic acids is 2. The zero-order chi connectivity index (χ0) is 24.2. The maximum atomic E-state index is 12.9. The zero-order valence-corrected chi connectivity index (χ0v) is 22.2. The Morgan fingerprint density at radius 3 is 2.38 bits per heavy atom. The molecule has 1 aliphatic heterocycles. The maximum Gasteiger partial charge on any atom is 0.293 e. The molecule has 1 saturated heterocycles. The number of thioether (sulfide) groups is 1. The number of hydrogen-bond acceptors (Lipinski definition) is 5. The van der Waals surface area contributed by atoms with Crippen LogP contribution in [0.1, 0.15) is 22.3 Å². The lowest BCUT2D eigenvalue weighted by molar-refractivity contribution is -0.123. The minimum atomic E-state index is -0.299. The Morgan fingerprint density at radius 2 is 1.71 bits per heavy atom. The van der Waals surface area contributed by atoms with E-state index in [4.69, 9.17) is 21.1 Å². The standard InChI is InChI=1S/C26H21ClINO4S/c1-16-3-5-17(6-4-16)14-29-25(30)23(34-26(29)31)13-19-11-21(28)24(22(12-19)32-2)33-15-18-7-9-20(27)10-8-18/h3-13H,14-15H2,1-2H3/b23-13-. The van der Waals surface area contributed by atoms with Crippen LogP contribution in [-0.4, -0.2) is 23.2 Å². The first kappa shape index (κ1) is 24.6. The number of amides is 2. The molecule has 4 rings (SSSR count). The molecule has 0 aromatic heterocycles. The molecule has 8 heteroatoms. The van der Waals surface area contributed by atoms with Crippen molar-refractivity contribution in [1.29, 1.82) is 0 Å². The van der Waals surface area contributed by atoms with Crippen molar-refractivity contribution in [3.05, 3.63) is 96.4 Å². The summed E-state index contributed by atoms with van der Waals surface area (Å²) >= 11 is 9.07. The number of rotatable bonds is 7. The second-order valence-corrected chi connectivity index (χ2v) is 10.3. The number of aryl methyl sites for hydroxylation is 1. The number of ether oxygens (including phenoxy) is 2. The summed E-state index contributed by atoms with van der Waals surface area (Å²) in [7, 11) is 1.57. The number of halogens is 2. The predicted octanol–water partition coefficient (Wildman–Crippen LogP) is 7.08. The Labute approximate surface area is 221 Å². The Hall–Kier alpha value is -2.49. The van der Waals surface area contributed by atoms with E-state index in [0.29, 0.717) is 28.0 Å². The Kier molecular flexibility index (Phi) is 7.85. The van der Waals surface area contributed by atoms with Gasteiger partial charge in [-0.3, -0.25) is 14.5 Å². The number of nitrogens with zero attached hydrogens (tertiary/aromatic N) is 1. The average Bonchev–Trinajstić information content (AvgIpc) is 3.07. The van der Waals surface area contributed by atoms with Crippen LogP contribution in [0.15, 0.2) is 65.6 Å². The van der Waals surface area contributed by atoms with E-state index in [1.165, 1.54) is 4.90 Å². The highest BCUT2D eigenvalue weighted by Gasteiger charge is 2.35. The molecular weight excluding hydrogens is 585 g/mol. The summed E-state index contributed by atoms with van der Waals surface area (Å²) in [6.07, 6.45) is 1.72. The quantitative estimate of drug-likeness (QED) is 0.213. The normalized spacial score (nSPS) is 14.7. The number of imide groups is 1. The fraction of sp³-hybridized carbons (Fsp3) is 0.154. The molecule has 0 saturated carbocycles. The van der Waals surface area contributed by atoms with Crippen molar-refractivity contribution in [3.63, 3.8) is 0 Å². The van der Waals surface area contributed by atoms with Crippen LogP contribution in [0.2, 0.25) is 5.02 Å². The summed E-state index contributed by atoms with van der Waals surface area (Å²) < 4.78 is 12.4. The molecule has 0 aliphatic carbocycles. The molecule has 3 aromatic rings. The topological polar surface area (TPSA) is 55.8 Å². The van der Waals surface area contributed by atoms with Gasteiger partial charge < -0.3 is 9.47 Å². The van der Waals surface area contributed by atoms with E-state index < -0.39 is 0 Å². The van der Waals surface area contributed by atoms with Crippen molar-refractivity contribution >= 4 is 63.2 Å². The third kappa shape index (κ3) is 5.76. The van der Waals surface area contributed by atoms with E-state index in [9.17, 15) is 9.59 Å². The van der Waals surface area contributed by atoms with E-state index in [2.05, 4.69) is 22.6 Å². The molecule has 0 bridgehead atoms. The van der Waals surface area contributed by atoms with Gasteiger partial charge in [0, 0.05) is 5.02 Å². The highest BCUT2D eigenvalue weighted by molar-refractivity contribution is 14.1. The summed E-state index contributed by atoms with van der Waals surface area (Å²) in [6, 6.07) is 18.9. The van der Waals surface area contributed by atoms with Crippen LogP contribution in [0.4, 0.5) is 4.79 Å². The molecule has 0 radical (unpaired) electrons. The van der Waals surface area contributed by atoms with E-state index in [0.717, 1.165) is 37.6 Å². The van der Waals surface area contributed by atoms with Crippen molar-refractivity contribution in [2.45, 2.75) is 20.1 Å². The lowest BCUT2D eigenvalue weighted by Crippen LogP contribution is -2.27. The molecule has 3 aromatic carbocycles. The Balaban J connectivity index is 1.52. The predicted molar refractivity (Wildman–Crippen MR) is 144 cm³/mol. The van der Waals surface area contributed by atoms with Gasteiger partial charge >= 0.3 is 0 Å². The van der Waals surface area contributed by atoms with Crippen LogP contribution >= 0.6 is 46.0 Å². The molecule has 2 amide bonds. The van der Waals surface area contributed by atoms with Crippen molar-refractivity contribution in [3.8, 4) is 11.5 Å². The summed E-state index contributed by atoms with van der Waals surface area (Å²) in [4.78, 5) is 27.1. The Bertz CT molecular complexity index is 1260.